The van der Waals surface area contributed by atoms with Gasteiger partial charge < -0.3 is 10.1 Å². The quantitative estimate of drug-likeness (QED) is 0.536. The van der Waals surface area contributed by atoms with Crippen molar-refractivity contribution in [3.05, 3.63) is 0 Å². The Labute approximate surface area is 60.7 Å². The van der Waals surface area contributed by atoms with E-state index in [2.05, 4.69) is 17.0 Å². The van der Waals surface area contributed by atoms with Crippen LogP contribution in [0.25, 0.3) is 0 Å². The molecule has 0 radical (unpaired) electrons. The molecule has 0 aromatic heterocycles. The molecule has 1 saturated heterocycles. The fourth-order valence-corrected chi connectivity index (χ4v) is 1.25. The van der Waals surface area contributed by atoms with Crippen LogP contribution in [0.1, 0.15) is 19.8 Å². The van der Waals surface area contributed by atoms with Crippen LogP contribution in [0.2, 0.25) is 0 Å². The van der Waals surface area contributed by atoms with Crippen LogP contribution >= 0.6 is 0 Å². The molecule has 0 bridgehead atoms. The van der Waals surface area contributed by atoms with Crippen molar-refractivity contribution in [3.8, 4) is 0 Å². The lowest BCUT2D eigenvalue weighted by Gasteiger charge is -2.07. The van der Waals surface area contributed by atoms with Crippen LogP contribution in [0.4, 0.5) is 0 Å². The lowest BCUT2D eigenvalue weighted by atomic mass is 10.2. The van der Waals surface area contributed by atoms with Crippen LogP contribution in [0, 0.1) is 0 Å². The van der Waals surface area contributed by atoms with Gasteiger partial charge in [0.05, 0.1) is 7.11 Å². The van der Waals surface area contributed by atoms with Gasteiger partial charge in [0.2, 0.25) is 0 Å². The van der Waals surface area contributed by atoms with Gasteiger partial charge in [-0.3, -0.25) is 4.79 Å². The van der Waals surface area contributed by atoms with Crippen molar-refractivity contribution < 1.29 is 9.53 Å². The van der Waals surface area contributed by atoms with Gasteiger partial charge in [0.15, 0.2) is 0 Å². The molecule has 58 valence electrons. The zero-order valence-corrected chi connectivity index (χ0v) is 6.39. The maximum Gasteiger partial charge on any atom is 0.322 e. The molecule has 2 atom stereocenters. The first kappa shape index (κ1) is 7.54. The van der Waals surface area contributed by atoms with E-state index in [1.807, 2.05) is 0 Å². The first-order valence-corrected chi connectivity index (χ1v) is 3.58. The molecular formula is C7H13NO2. The average molecular weight is 143 g/mol. The summed E-state index contributed by atoms with van der Waals surface area (Å²) in [5.41, 5.74) is 0. The molecule has 1 aliphatic heterocycles. The molecule has 0 amide bonds. The van der Waals surface area contributed by atoms with Crippen molar-refractivity contribution in [1.29, 1.82) is 0 Å². The predicted octanol–water partition coefficient (Wildman–Crippen LogP) is 0.300. The van der Waals surface area contributed by atoms with Gasteiger partial charge >= 0.3 is 5.97 Å². The molecule has 0 aromatic rings. The van der Waals surface area contributed by atoms with E-state index in [0.717, 1.165) is 12.8 Å². The Balaban J connectivity index is 2.37. The van der Waals surface area contributed by atoms with E-state index in [0.29, 0.717) is 6.04 Å². The molecule has 0 unspecified atom stereocenters. The van der Waals surface area contributed by atoms with Crippen molar-refractivity contribution >= 4 is 5.97 Å². The SMILES string of the molecule is COC(=O)[C@@H]1CC[C@H](C)N1. The zero-order chi connectivity index (χ0) is 7.56. The van der Waals surface area contributed by atoms with Crippen LogP contribution in [-0.2, 0) is 9.53 Å². The second-order valence-corrected chi connectivity index (χ2v) is 2.72. The second kappa shape index (κ2) is 3.01. The molecule has 3 heteroatoms. The monoisotopic (exact) mass is 143 g/mol. The fraction of sp³-hybridized carbons (Fsp3) is 0.857. The van der Waals surface area contributed by atoms with Crippen LogP contribution < -0.4 is 5.32 Å². The third kappa shape index (κ3) is 1.48. The van der Waals surface area contributed by atoms with E-state index in [1.54, 1.807) is 0 Å². The molecule has 0 aliphatic carbocycles. The predicted molar refractivity (Wildman–Crippen MR) is 37.6 cm³/mol. The largest absolute Gasteiger partial charge is 0.468 e. The number of hydrogen-bond acceptors (Lipinski definition) is 3. The Bertz CT molecular complexity index is 136. The van der Waals surface area contributed by atoms with Crippen LogP contribution in [-0.4, -0.2) is 25.2 Å². The Hall–Kier alpha value is -0.570. The normalized spacial score (nSPS) is 32.2. The van der Waals surface area contributed by atoms with Crippen molar-refractivity contribution in [1.82, 2.24) is 5.32 Å². The van der Waals surface area contributed by atoms with Crippen LogP contribution in [0.3, 0.4) is 0 Å². The van der Waals surface area contributed by atoms with Gasteiger partial charge in [-0.05, 0) is 19.8 Å². The molecule has 10 heavy (non-hydrogen) atoms. The minimum absolute atomic E-state index is 0.0556. The summed E-state index contributed by atoms with van der Waals surface area (Å²) in [5.74, 6) is -0.135. The van der Waals surface area contributed by atoms with Crippen molar-refractivity contribution in [2.75, 3.05) is 7.11 Å². The Morgan fingerprint density at radius 1 is 1.60 bits per heavy atom. The number of ether oxygens (including phenoxy) is 1. The fourth-order valence-electron chi connectivity index (χ4n) is 1.25. The summed E-state index contributed by atoms with van der Waals surface area (Å²) in [6.45, 7) is 2.07. The third-order valence-corrected chi connectivity index (χ3v) is 1.86. The number of hydrogen-bond donors (Lipinski definition) is 1. The van der Waals surface area contributed by atoms with E-state index in [4.69, 9.17) is 0 Å². The molecule has 3 nitrogen and oxygen atoms in total. The highest BCUT2D eigenvalue weighted by molar-refractivity contribution is 5.75. The summed E-state index contributed by atoms with van der Waals surface area (Å²) in [7, 11) is 1.42. The number of carbonyl (C=O) groups excluding carboxylic acids is 1. The summed E-state index contributed by atoms with van der Waals surface area (Å²) in [4.78, 5) is 10.9. The third-order valence-electron chi connectivity index (χ3n) is 1.86. The average Bonchev–Trinajstić information content (AvgIpc) is 2.34. The molecule has 0 spiro atoms. The van der Waals surface area contributed by atoms with Gasteiger partial charge in [-0.1, -0.05) is 0 Å². The molecule has 1 aliphatic rings. The number of nitrogens with one attached hydrogen (secondary N) is 1. The van der Waals surface area contributed by atoms with E-state index in [1.165, 1.54) is 7.11 Å². The highest BCUT2D eigenvalue weighted by Gasteiger charge is 2.26. The summed E-state index contributed by atoms with van der Waals surface area (Å²) in [6.07, 6.45) is 1.98. The van der Waals surface area contributed by atoms with E-state index in [9.17, 15) is 4.79 Å². The first-order valence-electron chi connectivity index (χ1n) is 3.58. The summed E-state index contributed by atoms with van der Waals surface area (Å²) < 4.78 is 4.58. The number of esters is 1. The highest BCUT2D eigenvalue weighted by Crippen LogP contribution is 2.11. The first-order chi connectivity index (χ1) is 4.74. The number of methoxy groups -OCH3 is 1. The summed E-state index contributed by atoms with van der Waals surface area (Å²) in [6, 6.07) is 0.407. The van der Waals surface area contributed by atoms with Crippen molar-refractivity contribution in [2.24, 2.45) is 0 Å². The lowest BCUT2D eigenvalue weighted by Crippen LogP contribution is -2.34. The maximum absolute atomic E-state index is 10.9. The minimum atomic E-state index is -0.135. The molecule has 1 rings (SSSR count). The molecular weight excluding hydrogens is 130 g/mol. The van der Waals surface area contributed by atoms with E-state index in [-0.39, 0.29) is 12.0 Å². The van der Waals surface area contributed by atoms with Crippen molar-refractivity contribution in [2.45, 2.75) is 31.8 Å². The summed E-state index contributed by atoms with van der Waals surface area (Å²) in [5, 5.41) is 3.13. The summed E-state index contributed by atoms with van der Waals surface area (Å²) >= 11 is 0. The van der Waals surface area contributed by atoms with E-state index >= 15 is 0 Å². The van der Waals surface area contributed by atoms with Gasteiger partial charge in [0, 0.05) is 6.04 Å². The topological polar surface area (TPSA) is 38.3 Å². The van der Waals surface area contributed by atoms with Gasteiger partial charge in [-0.15, -0.1) is 0 Å². The van der Waals surface area contributed by atoms with Crippen molar-refractivity contribution in [3.63, 3.8) is 0 Å². The lowest BCUT2D eigenvalue weighted by molar-refractivity contribution is -0.142. The van der Waals surface area contributed by atoms with Gasteiger partial charge in [-0.25, -0.2) is 0 Å². The zero-order valence-electron chi connectivity index (χ0n) is 6.39. The smallest absolute Gasteiger partial charge is 0.322 e. The highest BCUT2D eigenvalue weighted by atomic mass is 16.5. The van der Waals surface area contributed by atoms with Crippen LogP contribution in [0.5, 0.6) is 0 Å². The Kier molecular flexibility index (Phi) is 2.27. The number of carbonyl (C=O) groups is 1. The standard InChI is InChI=1S/C7H13NO2/c1-5-3-4-6(8-5)7(9)10-2/h5-6,8H,3-4H2,1-2H3/t5-,6-/m0/s1. The Morgan fingerprint density at radius 2 is 2.30 bits per heavy atom. The van der Waals surface area contributed by atoms with Gasteiger partial charge in [-0.2, -0.15) is 0 Å². The molecule has 0 aromatic carbocycles. The number of rotatable bonds is 1. The van der Waals surface area contributed by atoms with E-state index < -0.39 is 0 Å². The van der Waals surface area contributed by atoms with Crippen LogP contribution in [0.15, 0.2) is 0 Å². The molecule has 1 fully saturated rings. The molecule has 1 N–H and O–H groups in total. The van der Waals surface area contributed by atoms with Gasteiger partial charge in [0.1, 0.15) is 6.04 Å². The molecule has 1 heterocycles. The minimum Gasteiger partial charge on any atom is -0.468 e. The Morgan fingerprint density at radius 3 is 2.70 bits per heavy atom. The second-order valence-electron chi connectivity index (χ2n) is 2.72. The van der Waals surface area contributed by atoms with Gasteiger partial charge in [0.25, 0.3) is 0 Å². The maximum atomic E-state index is 10.9. The molecule has 0 saturated carbocycles.